The van der Waals surface area contributed by atoms with Crippen molar-refractivity contribution in [3.05, 3.63) is 39.4 Å². The Kier molecular flexibility index (Phi) is 3.94. The van der Waals surface area contributed by atoms with Gasteiger partial charge in [-0.25, -0.2) is 4.98 Å². The number of nitrogens with zero attached hydrogens (tertiary/aromatic N) is 2. The number of aromatic nitrogens is 2. The van der Waals surface area contributed by atoms with Crippen molar-refractivity contribution in [1.29, 1.82) is 0 Å². The van der Waals surface area contributed by atoms with Crippen molar-refractivity contribution >= 4 is 26.8 Å². The van der Waals surface area contributed by atoms with Crippen molar-refractivity contribution in [2.75, 3.05) is 0 Å². The Morgan fingerprint density at radius 3 is 2.94 bits per heavy atom. The van der Waals surface area contributed by atoms with Crippen LogP contribution in [0.15, 0.2) is 33.8 Å². The highest BCUT2D eigenvalue weighted by molar-refractivity contribution is 9.10. The third kappa shape index (κ3) is 2.75. The smallest absolute Gasteiger partial charge is 0.261 e. The molecule has 2 rings (SSSR count). The van der Waals surface area contributed by atoms with E-state index in [-0.39, 0.29) is 5.56 Å². The molecule has 0 N–H and O–H groups in total. The van der Waals surface area contributed by atoms with Gasteiger partial charge in [-0.2, -0.15) is 0 Å². The van der Waals surface area contributed by atoms with Crippen molar-refractivity contribution in [2.45, 2.75) is 32.7 Å². The second-order valence-electron chi connectivity index (χ2n) is 4.11. The van der Waals surface area contributed by atoms with Crippen LogP contribution in [0.3, 0.4) is 0 Å². The van der Waals surface area contributed by atoms with Crippen LogP contribution in [0.25, 0.3) is 10.9 Å². The topological polar surface area (TPSA) is 34.9 Å². The molecule has 1 aromatic heterocycles. The van der Waals surface area contributed by atoms with E-state index < -0.39 is 0 Å². The van der Waals surface area contributed by atoms with Gasteiger partial charge in [0.2, 0.25) is 0 Å². The van der Waals surface area contributed by atoms with Gasteiger partial charge in [0.1, 0.15) is 0 Å². The number of hydrogen-bond donors (Lipinski definition) is 0. The van der Waals surface area contributed by atoms with Crippen molar-refractivity contribution in [3.63, 3.8) is 0 Å². The third-order valence-electron chi connectivity index (χ3n) is 2.79. The monoisotopic (exact) mass is 294 g/mol. The average molecular weight is 295 g/mol. The van der Waals surface area contributed by atoms with Crippen LogP contribution in [0.4, 0.5) is 0 Å². The Morgan fingerprint density at radius 2 is 2.18 bits per heavy atom. The zero-order chi connectivity index (χ0) is 12.3. The molecule has 0 aliphatic carbocycles. The molecule has 1 aromatic carbocycles. The molecule has 0 saturated carbocycles. The first-order chi connectivity index (χ1) is 8.22. The molecule has 3 nitrogen and oxygen atoms in total. The minimum Gasteiger partial charge on any atom is -0.299 e. The van der Waals surface area contributed by atoms with Crippen LogP contribution < -0.4 is 5.56 Å². The molecule has 0 spiro atoms. The first-order valence-corrected chi connectivity index (χ1v) is 6.66. The fourth-order valence-corrected chi connectivity index (χ4v) is 2.17. The average Bonchev–Trinajstić information content (AvgIpc) is 2.32. The zero-order valence-electron chi connectivity index (χ0n) is 9.82. The highest BCUT2D eigenvalue weighted by atomic mass is 79.9. The number of rotatable bonds is 4. The molecule has 0 saturated heterocycles. The third-order valence-corrected chi connectivity index (χ3v) is 3.28. The summed E-state index contributed by atoms with van der Waals surface area (Å²) in [6.07, 6.45) is 4.97. The minimum atomic E-state index is 0.0543. The molecule has 0 atom stereocenters. The molecule has 90 valence electrons. The van der Waals surface area contributed by atoms with Crippen LogP contribution >= 0.6 is 15.9 Å². The number of benzene rings is 1. The lowest BCUT2D eigenvalue weighted by atomic mass is 10.2. The van der Waals surface area contributed by atoms with Crippen LogP contribution in [0, 0.1) is 0 Å². The molecule has 0 fully saturated rings. The van der Waals surface area contributed by atoms with Gasteiger partial charge in [-0.05, 0) is 24.6 Å². The summed E-state index contributed by atoms with van der Waals surface area (Å²) in [7, 11) is 0. The summed E-state index contributed by atoms with van der Waals surface area (Å²) < 4.78 is 2.65. The van der Waals surface area contributed by atoms with Gasteiger partial charge < -0.3 is 0 Å². The summed E-state index contributed by atoms with van der Waals surface area (Å²) in [5.41, 5.74) is 0.801. The standard InChI is InChI=1S/C13H15BrN2O/c1-2-3-4-7-16-9-15-12-8-10(14)5-6-11(12)13(16)17/h5-6,8-9H,2-4,7H2,1H3. The first kappa shape index (κ1) is 12.3. The predicted molar refractivity (Wildman–Crippen MR) is 73.2 cm³/mol. The minimum absolute atomic E-state index is 0.0543. The van der Waals surface area contributed by atoms with E-state index in [4.69, 9.17) is 0 Å². The molecule has 0 bridgehead atoms. The van der Waals surface area contributed by atoms with Crippen LogP contribution in [0.5, 0.6) is 0 Å². The predicted octanol–water partition coefficient (Wildman–Crippen LogP) is 3.35. The Bertz CT molecular complexity index is 577. The molecular weight excluding hydrogens is 280 g/mol. The molecule has 0 aliphatic heterocycles. The zero-order valence-corrected chi connectivity index (χ0v) is 11.4. The second kappa shape index (κ2) is 5.45. The van der Waals surface area contributed by atoms with Gasteiger partial charge in [0.15, 0.2) is 0 Å². The molecule has 4 heteroatoms. The van der Waals surface area contributed by atoms with E-state index in [0.29, 0.717) is 5.39 Å². The molecule has 0 amide bonds. The molecule has 2 aromatic rings. The number of halogens is 1. The highest BCUT2D eigenvalue weighted by Crippen LogP contribution is 2.14. The highest BCUT2D eigenvalue weighted by Gasteiger charge is 2.03. The fraction of sp³-hybridized carbons (Fsp3) is 0.385. The Morgan fingerprint density at radius 1 is 1.35 bits per heavy atom. The van der Waals surface area contributed by atoms with Gasteiger partial charge in [0.25, 0.3) is 5.56 Å². The lowest BCUT2D eigenvalue weighted by molar-refractivity contribution is 0.584. The summed E-state index contributed by atoms with van der Waals surface area (Å²) in [6, 6.07) is 5.57. The van der Waals surface area contributed by atoms with Gasteiger partial charge in [0, 0.05) is 11.0 Å². The lowest BCUT2D eigenvalue weighted by Gasteiger charge is -2.06. The van der Waals surface area contributed by atoms with E-state index in [0.717, 1.165) is 35.8 Å². The second-order valence-corrected chi connectivity index (χ2v) is 5.03. The largest absolute Gasteiger partial charge is 0.299 e. The Hall–Kier alpha value is -1.16. The van der Waals surface area contributed by atoms with Crippen LogP contribution in [-0.4, -0.2) is 9.55 Å². The van der Waals surface area contributed by atoms with Crippen LogP contribution in [0.1, 0.15) is 26.2 Å². The molecular formula is C13H15BrN2O. The SMILES string of the molecule is CCCCCn1cnc2cc(Br)ccc2c1=O. The van der Waals surface area contributed by atoms with Crippen molar-refractivity contribution in [1.82, 2.24) is 9.55 Å². The van der Waals surface area contributed by atoms with Gasteiger partial charge in [-0.1, -0.05) is 35.7 Å². The van der Waals surface area contributed by atoms with Crippen LogP contribution in [-0.2, 0) is 6.54 Å². The molecule has 0 aliphatic rings. The maximum Gasteiger partial charge on any atom is 0.261 e. The summed E-state index contributed by atoms with van der Waals surface area (Å²) in [5.74, 6) is 0. The normalized spacial score (nSPS) is 10.9. The van der Waals surface area contributed by atoms with Crippen LogP contribution in [0.2, 0.25) is 0 Å². The van der Waals surface area contributed by atoms with E-state index in [2.05, 4.69) is 27.8 Å². The number of unbranched alkanes of at least 4 members (excludes halogenated alkanes) is 2. The fourth-order valence-electron chi connectivity index (χ4n) is 1.82. The summed E-state index contributed by atoms with van der Waals surface area (Å²) >= 11 is 3.38. The van der Waals surface area contributed by atoms with E-state index in [1.807, 2.05) is 18.2 Å². The van der Waals surface area contributed by atoms with Gasteiger partial charge in [-0.15, -0.1) is 0 Å². The van der Waals surface area contributed by atoms with Gasteiger partial charge in [0.05, 0.1) is 17.2 Å². The van der Waals surface area contributed by atoms with E-state index >= 15 is 0 Å². The summed E-state index contributed by atoms with van der Waals surface area (Å²) in [6.45, 7) is 2.91. The Balaban J connectivity index is 2.37. The maximum absolute atomic E-state index is 12.1. The maximum atomic E-state index is 12.1. The van der Waals surface area contributed by atoms with Crippen molar-refractivity contribution in [3.8, 4) is 0 Å². The summed E-state index contributed by atoms with van der Waals surface area (Å²) in [4.78, 5) is 16.5. The van der Waals surface area contributed by atoms with E-state index in [1.165, 1.54) is 0 Å². The van der Waals surface area contributed by atoms with E-state index in [1.54, 1.807) is 10.9 Å². The quantitative estimate of drug-likeness (QED) is 0.811. The molecule has 17 heavy (non-hydrogen) atoms. The lowest BCUT2D eigenvalue weighted by Crippen LogP contribution is -2.20. The molecule has 0 unspecified atom stereocenters. The summed E-state index contributed by atoms with van der Waals surface area (Å²) in [5, 5.41) is 0.687. The molecule has 1 heterocycles. The molecule has 0 radical (unpaired) electrons. The van der Waals surface area contributed by atoms with Crippen molar-refractivity contribution in [2.24, 2.45) is 0 Å². The van der Waals surface area contributed by atoms with Gasteiger partial charge in [-0.3, -0.25) is 9.36 Å². The van der Waals surface area contributed by atoms with E-state index in [9.17, 15) is 4.79 Å². The van der Waals surface area contributed by atoms with Crippen molar-refractivity contribution < 1.29 is 0 Å². The Labute approximate surface area is 109 Å². The number of hydrogen-bond acceptors (Lipinski definition) is 2. The first-order valence-electron chi connectivity index (χ1n) is 5.87. The number of aryl methyl sites for hydroxylation is 1. The van der Waals surface area contributed by atoms with Gasteiger partial charge >= 0.3 is 0 Å². The number of fused-ring (bicyclic) bond motifs is 1.